The molecule has 0 bridgehead atoms. The molecule has 3 rings (SSSR count). The number of amides is 1. The van der Waals surface area contributed by atoms with Gasteiger partial charge in [0.05, 0.1) is 13.0 Å². The van der Waals surface area contributed by atoms with Crippen molar-refractivity contribution in [2.24, 2.45) is 5.92 Å². The maximum atomic E-state index is 11.9. The minimum atomic E-state index is -0.904. The van der Waals surface area contributed by atoms with Crippen molar-refractivity contribution in [1.29, 1.82) is 0 Å². The number of rotatable bonds is 10. The highest BCUT2D eigenvalue weighted by Crippen LogP contribution is 2.20. The fraction of sp³-hybridized carbons (Fsp3) is 0.364. The van der Waals surface area contributed by atoms with Gasteiger partial charge < -0.3 is 24.2 Å². The SMILES string of the molecule is COc1ccc(OCCOc2ccc(CCN3CC(C(=O)O)CC3=O)cc2)cc1. The summed E-state index contributed by atoms with van der Waals surface area (Å²) < 4.78 is 16.4. The average molecular weight is 399 g/mol. The zero-order chi connectivity index (χ0) is 20.6. The van der Waals surface area contributed by atoms with Crippen LogP contribution in [0.15, 0.2) is 48.5 Å². The lowest BCUT2D eigenvalue weighted by molar-refractivity contribution is -0.141. The second-order valence-corrected chi connectivity index (χ2v) is 6.85. The number of carbonyl (C=O) groups excluding carboxylic acids is 1. The van der Waals surface area contributed by atoms with Crippen LogP contribution in [0.3, 0.4) is 0 Å². The van der Waals surface area contributed by atoms with E-state index in [1.165, 1.54) is 0 Å². The van der Waals surface area contributed by atoms with E-state index in [0.717, 1.165) is 22.8 Å². The van der Waals surface area contributed by atoms with Crippen LogP contribution in [0, 0.1) is 5.92 Å². The number of benzene rings is 2. The molecule has 2 aromatic carbocycles. The summed E-state index contributed by atoms with van der Waals surface area (Å²) in [6, 6.07) is 15.0. The Balaban J connectivity index is 1.37. The predicted octanol–water partition coefficient (Wildman–Crippen LogP) is 2.63. The van der Waals surface area contributed by atoms with Gasteiger partial charge >= 0.3 is 5.97 Å². The zero-order valence-corrected chi connectivity index (χ0v) is 16.4. The molecule has 1 aliphatic heterocycles. The van der Waals surface area contributed by atoms with E-state index in [1.54, 1.807) is 12.0 Å². The Morgan fingerprint density at radius 1 is 1.00 bits per heavy atom. The van der Waals surface area contributed by atoms with Gasteiger partial charge in [-0.05, 0) is 48.4 Å². The van der Waals surface area contributed by atoms with Gasteiger partial charge in [0.2, 0.25) is 5.91 Å². The van der Waals surface area contributed by atoms with E-state index in [1.807, 2.05) is 48.5 Å². The molecule has 7 heteroatoms. The first-order valence-electron chi connectivity index (χ1n) is 9.54. The molecule has 0 spiro atoms. The third kappa shape index (κ3) is 5.88. The Labute approximate surface area is 169 Å². The summed E-state index contributed by atoms with van der Waals surface area (Å²) in [6.07, 6.45) is 0.777. The van der Waals surface area contributed by atoms with Gasteiger partial charge in [-0.25, -0.2) is 0 Å². The average Bonchev–Trinajstić information content (AvgIpc) is 3.12. The molecule has 1 aliphatic rings. The van der Waals surface area contributed by atoms with Gasteiger partial charge in [-0.1, -0.05) is 12.1 Å². The first-order valence-corrected chi connectivity index (χ1v) is 9.54. The summed E-state index contributed by atoms with van der Waals surface area (Å²) >= 11 is 0. The summed E-state index contributed by atoms with van der Waals surface area (Å²) in [5, 5.41) is 9.03. The van der Waals surface area contributed by atoms with E-state index in [2.05, 4.69) is 0 Å². The summed E-state index contributed by atoms with van der Waals surface area (Å²) in [4.78, 5) is 24.5. The second-order valence-electron chi connectivity index (χ2n) is 6.85. The molecule has 2 aromatic rings. The van der Waals surface area contributed by atoms with E-state index in [-0.39, 0.29) is 12.3 Å². The summed E-state index contributed by atoms with van der Waals surface area (Å²) in [7, 11) is 1.62. The number of ether oxygens (including phenoxy) is 3. The van der Waals surface area contributed by atoms with Crippen molar-refractivity contribution in [1.82, 2.24) is 4.90 Å². The van der Waals surface area contributed by atoms with Crippen molar-refractivity contribution >= 4 is 11.9 Å². The van der Waals surface area contributed by atoms with Crippen LogP contribution in [-0.2, 0) is 16.0 Å². The topological polar surface area (TPSA) is 85.3 Å². The molecule has 7 nitrogen and oxygen atoms in total. The van der Waals surface area contributed by atoms with E-state index in [0.29, 0.717) is 32.7 Å². The van der Waals surface area contributed by atoms with Crippen molar-refractivity contribution < 1.29 is 28.9 Å². The molecule has 1 atom stereocenters. The van der Waals surface area contributed by atoms with Crippen molar-refractivity contribution in [3.8, 4) is 17.2 Å². The molecular formula is C22H25NO6. The molecule has 1 heterocycles. The molecule has 1 amide bonds. The molecule has 0 saturated carbocycles. The molecule has 1 N–H and O–H groups in total. The maximum Gasteiger partial charge on any atom is 0.308 e. The number of likely N-dealkylation sites (tertiary alicyclic amines) is 1. The molecule has 0 aromatic heterocycles. The van der Waals surface area contributed by atoms with Crippen LogP contribution < -0.4 is 14.2 Å². The molecule has 29 heavy (non-hydrogen) atoms. The Morgan fingerprint density at radius 3 is 2.07 bits per heavy atom. The van der Waals surface area contributed by atoms with Gasteiger partial charge in [-0.15, -0.1) is 0 Å². The number of carbonyl (C=O) groups is 2. The second kappa shape index (κ2) is 9.82. The van der Waals surface area contributed by atoms with E-state index < -0.39 is 11.9 Å². The molecule has 1 unspecified atom stereocenters. The Morgan fingerprint density at radius 2 is 1.55 bits per heavy atom. The largest absolute Gasteiger partial charge is 0.497 e. The zero-order valence-electron chi connectivity index (χ0n) is 16.4. The van der Waals surface area contributed by atoms with Crippen LogP contribution in [0.2, 0.25) is 0 Å². The van der Waals surface area contributed by atoms with Crippen molar-refractivity contribution in [2.45, 2.75) is 12.8 Å². The highest BCUT2D eigenvalue weighted by Gasteiger charge is 2.33. The quantitative estimate of drug-likeness (QED) is 0.618. The van der Waals surface area contributed by atoms with Crippen LogP contribution in [0.5, 0.6) is 17.2 Å². The van der Waals surface area contributed by atoms with Gasteiger partial charge in [0.1, 0.15) is 30.5 Å². The fourth-order valence-corrected chi connectivity index (χ4v) is 3.16. The lowest BCUT2D eigenvalue weighted by atomic mass is 10.1. The van der Waals surface area contributed by atoms with Gasteiger partial charge in [-0.2, -0.15) is 0 Å². The Kier molecular flexibility index (Phi) is 6.94. The van der Waals surface area contributed by atoms with Crippen LogP contribution in [0.4, 0.5) is 0 Å². The number of hydrogen-bond donors (Lipinski definition) is 1. The number of aliphatic carboxylic acids is 1. The minimum Gasteiger partial charge on any atom is -0.497 e. The van der Waals surface area contributed by atoms with Gasteiger partial charge in [-0.3, -0.25) is 9.59 Å². The van der Waals surface area contributed by atoms with Gasteiger partial charge in [0.15, 0.2) is 0 Å². The number of hydrogen-bond acceptors (Lipinski definition) is 5. The van der Waals surface area contributed by atoms with Crippen LogP contribution in [0.1, 0.15) is 12.0 Å². The Bertz CT molecular complexity index is 818. The Hall–Kier alpha value is -3.22. The smallest absolute Gasteiger partial charge is 0.308 e. The van der Waals surface area contributed by atoms with Crippen molar-refractivity contribution in [3.63, 3.8) is 0 Å². The van der Waals surface area contributed by atoms with Gasteiger partial charge in [0.25, 0.3) is 0 Å². The summed E-state index contributed by atoms with van der Waals surface area (Å²) in [6.45, 7) is 1.67. The fourth-order valence-electron chi connectivity index (χ4n) is 3.16. The summed E-state index contributed by atoms with van der Waals surface area (Å²) in [5.74, 6) is 0.706. The molecule has 0 radical (unpaired) electrons. The van der Waals surface area contributed by atoms with Crippen LogP contribution in [0.25, 0.3) is 0 Å². The van der Waals surface area contributed by atoms with Crippen LogP contribution >= 0.6 is 0 Å². The van der Waals surface area contributed by atoms with Crippen molar-refractivity contribution in [3.05, 3.63) is 54.1 Å². The molecule has 1 saturated heterocycles. The highest BCUT2D eigenvalue weighted by atomic mass is 16.5. The van der Waals surface area contributed by atoms with Crippen molar-refractivity contribution in [2.75, 3.05) is 33.4 Å². The van der Waals surface area contributed by atoms with Crippen LogP contribution in [-0.4, -0.2) is 55.3 Å². The third-order valence-electron chi connectivity index (χ3n) is 4.84. The molecule has 154 valence electrons. The molecule has 1 fully saturated rings. The third-order valence-corrected chi connectivity index (χ3v) is 4.84. The molecular weight excluding hydrogens is 374 g/mol. The first-order chi connectivity index (χ1) is 14.0. The van der Waals surface area contributed by atoms with E-state index in [4.69, 9.17) is 19.3 Å². The minimum absolute atomic E-state index is 0.0887. The lowest BCUT2D eigenvalue weighted by Gasteiger charge is -2.16. The normalized spacial score (nSPS) is 16.0. The van der Waals surface area contributed by atoms with E-state index >= 15 is 0 Å². The standard InChI is InChI=1S/C22H25NO6/c1-27-18-6-8-20(9-7-18)29-13-12-28-19-4-2-16(3-5-19)10-11-23-15-17(22(25)26)14-21(23)24/h2-9,17H,10-15H2,1H3,(H,25,26). The highest BCUT2D eigenvalue weighted by molar-refractivity contribution is 5.86. The first kappa shape index (κ1) is 20.5. The lowest BCUT2D eigenvalue weighted by Crippen LogP contribution is -2.28. The summed E-state index contributed by atoms with van der Waals surface area (Å²) in [5.41, 5.74) is 1.07. The number of methoxy groups -OCH3 is 1. The number of nitrogens with zero attached hydrogens (tertiary/aromatic N) is 1. The van der Waals surface area contributed by atoms with E-state index in [9.17, 15) is 9.59 Å². The predicted molar refractivity (Wildman–Crippen MR) is 106 cm³/mol. The maximum absolute atomic E-state index is 11.9. The van der Waals surface area contributed by atoms with Gasteiger partial charge in [0, 0.05) is 19.5 Å². The monoisotopic (exact) mass is 399 g/mol. The number of carboxylic acid groups (broad SMARTS) is 1. The molecule has 0 aliphatic carbocycles. The number of carboxylic acids is 1.